The third kappa shape index (κ3) is 2.03. The van der Waals surface area contributed by atoms with Gasteiger partial charge in [-0.1, -0.05) is 6.07 Å². The Hall–Kier alpha value is -1.52. The second kappa shape index (κ2) is 3.50. The summed E-state index contributed by atoms with van der Waals surface area (Å²) in [6.07, 6.45) is -2.99. The average Bonchev–Trinajstić information content (AvgIpc) is 2.98. The van der Waals surface area contributed by atoms with E-state index >= 15 is 0 Å². The molecule has 0 saturated heterocycles. The molecule has 0 radical (unpaired) electrons. The van der Waals surface area contributed by atoms with Crippen LogP contribution >= 0.6 is 0 Å². The molecule has 1 aromatic rings. The van der Waals surface area contributed by atoms with E-state index in [1.807, 2.05) is 0 Å². The van der Waals surface area contributed by atoms with Crippen LogP contribution in [0.15, 0.2) is 18.2 Å². The van der Waals surface area contributed by atoms with Gasteiger partial charge in [0.15, 0.2) is 0 Å². The molecule has 0 heterocycles. The van der Waals surface area contributed by atoms with E-state index in [1.54, 1.807) is 0 Å². The van der Waals surface area contributed by atoms with Crippen molar-refractivity contribution in [3.05, 3.63) is 34.9 Å². The van der Waals surface area contributed by atoms with Crippen molar-refractivity contribution >= 4 is 5.97 Å². The fourth-order valence-electron chi connectivity index (χ4n) is 1.69. The smallest absolute Gasteiger partial charge is 0.416 e. The lowest BCUT2D eigenvalue weighted by atomic mass is 10.00. The number of carboxylic acid groups (broad SMARTS) is 1. The lowest BCUT2D eigenvalue weighted by Crippen LogP contribution is -2.11. The molecule has 1 aromatic carbocycles. The van der Waals surface area contributed by atoms with Crippen molar-refractivity contribution in [3.63, 3.8) is 0 Å². The van der Waals surface area contributed by atoms with Crippen LogP contribution in [0.4, 0.5) is 13.2 Å². The minimum absolute atomic E-state index is 0.0560. The summed E-state index contributed by atoms with van der Waals surface area (Å²) in [5.41, 5.74) is -0.913. The van der Waals surface area contributed by atoms with Crippen molar-refractivity contribution in [2.24, 2.45) is 0 Å². The van der Waals surface area contributed by atoms with E-state index in [2.05, 4.69) is 0 Å². The SMILES string of the molecule is O=C(O)c1ccc(C2CC2)c(C(F)(F)F)c1. The zero-order valence-corrected chi connectivity index (χ0v) is 8.21. The van der Waals surface area contributed by atoms with Crippen LogP contribution in [-0.2, 0) is 6.18 Å². The summed E-state index contributed by atoms with van der Waals surface area (Å²) >= 11 is 0. The standard InChI is InChI=1S/C11H9F3O2/c12-11(13,14)9-5-7(10(15)16)3-4-8(9)6-1-2-6/h3-6H,1-2H2,(H,15,16). The van der Waals surface area contributed by atoms with Crippen LogP contribution in [0.3, 0.4) is 0 Å². The van der Waals surface area contributed by atoms with Crippen molar-refractivity contribution in [2.45, 2.75) is 24.9 Å². The number of hydrogen-bond donors (Lipinski definition) is 1. The van der Waals surface area contributed by atoms with Gasteiger partial charge in [0.2, 0.25) is 0 Å². The van der Waals surface area contributed by atoms with Crippen LogP contribution in [0.2, 0.25) is 0 Å². The highest BCUT2D eigenvalue weighted by atomic mass is 19.4. The van der Waals surface area contributed by atoms with E-state index in [0.29, 0.717) is 0 Å². The second-order valence-corrected chi connectivity index (χ2v) is 3.88. The van der Waals surface area contributed by atoms with Crippen molar-refractivity contribution in [1.82, 2.24) is 0 Å². The van der Waals surface area contributed by atoms with Gasteiger partial charge in [-0.3, -0.25) is 0 Å². The molecule has 16 heavy (non-hydrogen) atoms. The van der Waals surface area contributed by atoms with E-state index in [1.165, 1.54) is 12.1 Å². The Morgan fingerprint density at radius 3 is 2.38 bits per heavy atom. The number of halogens is 3. The molecule has 0 spiro atoms. The van der Waals surface area contributed by atoms with Crippen molar-refractivity contribution in [2.75, 3.05) is 0 Å². The summed E-state index contributed by atoms with van der Waals surface area (Å²) < 4.78 is 38.1. The van der Waals surface area contributed by atoms with E-state index in [4.69, 9.17) is 5.11 Å². The van der Waals surface area contributed by atoms with Gasteiger partial charge in [-0.25, -0.2) is 4.79 Å². The Balaban J connectivity index is 2.51. The van der Waals surface area contributed by atoms with Gasteiger partial charge in [0, 0.05) is 0 Å². The molecule has 0 aromatic heterocycles. The summed E-state index contributed by atoms with van der Waals surface area (Å²) in [6.45, 7) is 0. The minimum atomic E-state index is -4.48. The lowest BCUT2D eigenvalue weighted by molar-refractivity contribution is -0.138. The van der Waals surface area contributed by atoms with E-state index in [9.17, 15) is 18.0 Å². The van der Waals surface area contributed by atoms with E-state index < -0.39 is 17.7 Å². The first-order chi connectivity index (χ1) is 7.39. The van der Waals surface area contributed by atoms with Crippen LogP contribution in [0.1, 0.15) is 40.2 Å². The normalized spacial score (nSPS) is 16.2. The number of carboxylic acids is 1. The zero-order chi connectivity index (χ0) is 11.9. The van der Waals surface area contributed by atoms with Gasteiger partial charge < -0.3 is 5.11 Å². The second-order valence-electron chi connectivity index (χ2n) is 3.88. The fraction of sp³-hybridized carbons (Fsp3) is 0.364. The van der Waals surface area contributed by atoms with Crippen LogP contribution < -0.4 is 0 Å². The molecule has 0 amide bonds. The molecule has 1 aliphatic carbocycles. The maximum atomic E-state index is 12.7. The molecule has 1 N–H and O–H groups in total. The first kappa shape index (κ1) is 11.0. The summed E-state index contributed by atoms with van der Waals surface area (Å²) in [7, 11) is 0. The van der Waals surface area contributed by atoms with Crippen LogP contribution in [-0.4, -0.2) is 11.1 Å². The highest BCUT2D eigenvalue weighted by Gasteiger charge is 2.38. The number of benzene rings is 1. The van der Waals surface area contributed by atoms with Gasteiger partial charge >= 0.3 is 12.1 Å². The quantitative estimate of drug-likeness (QED) is 0.846. The maximum Gasteiger partial charge on any atom is 0.416 e. The van der Waals surface area contributed by atoms with Gasteiger partial charge in [0.25, 0.3) is 0 Å². The van der Waals surface area contributed by atoms with Gasteiger partial charge in [-0.05, 0) is 36.5 Å². The molecule has 1 fully saturated rings. The average molecular weight is 230 g/mol. The third-order valence-electron chi connectivity index (χ3n) is 2.62. The predicted octanol–water partition coefficient (Wildman–Crippen LogP) is 3.28. The minimum Gasteiger partial charge on any atom is -0.478 e. The van der Waals surface area contributed by atoms with E-state index in [-0.39, 0.29) is 17.0 Å². The zero-order valence-electron chi connectivity index (χ0n) is 8.21. The molecule has 0 atom stereocenters. The van der Waals surface area contributed by atoms with Crippen molar-refractivity contribution in [1.29, 1.82) is 0 Å². The topological polar surface area (TPSA) is 37.3 Å². The first-order valence-corrected chi connectivity index (χ1v) is 4.84. The predicted molar refractivity (Wildman–Crippen MR) is 50.4 cm³/mol. The maximum absolute atomic E-state index is 12.7. The molecule has 5 heteroatoms. The molecular formula is C11H9F3O2. The molecule has 0 unspecified atom stereocenters. The van der Waals surface area contributed by atoms with Crippen molar-refractivity contribution < 1.29 is 23.1 Å². The van der Waals surface area contributed by atoms with Crippen LogP contribution in [0.25, 0.3) is 0 Å². The molecule has 86 valence electrons. The third-order valence-corrected chi connectivity index (χ3v) is 2.62. The van der Waals surface area contributed by atoms with Gasteiger partial charge in [-0.15, -0.1) is 0 Å². The van der Waals surface area contributed by atoms with Gasteiger partial charge in [-0.2, -0.15) is 13.2 Å². The molecule has 0 aliphatic heterocycles. The molecular weight excluding hydrogens is 221 g/mol. The number of aromatic carboxylic acids is 1. The fourth-order valence-corrected chi connectivity index (χ4v) is 1.69. The Morgan fingerprint density at radius 2 is 1.94 bits per heavy atom. The molecule has 0 bridgehead atoms. The lowest BCUT2D eigenvalue weighted by Gasteiger charge is -2.12. The number of carbonyl (C=O) groups is 1. The Labute approximate surface area is 89.7 Å². The largest absolute Gasteiger partial charge is 0.478 e. The Kier molecular flexibility index (Phi) is 2.40. The number of hydrogen-bond acceptors (Lipinski definition) is 1. The summed E-state index contributed by atoms with van der Waals surface area (Å²) in [5.74, 6) is -1.40. The highest BCUT2D eigenvalue weighted by molar-refractivity contribution is 5.88. The van der Waals surface area contributed by atoms with Crippen LogP contribution in [0, 0.1) is 0 Å². The molecule has 1 saturated carbocycles. The first-order valence-electron chi connectivity index (χ1n) is 4.84. The van der Waals surface area contributed by atoms with Crippen molar-refractivity contribution in [3.8, 4) is 0 Å². The highest BCUT2D eigenvalue weighted by Crippen LogP contribution is 2.46. The molecule has 2 nitrogen and oxygen atoms in total. The van der Waals surface area contributed by atoms with E-state index in [0.717, 1.165) is 18.9 Å². The Bertz CT molecular complexity index is 433. The molecule has 1 aliphatic rings. The summed E-state index contributed by atoms with van der Waals surface area (Å²) in [6, 6.07) is 3.23. The molecule has 2 rings (SSSR count). The Morgan fingerprint density at radius 1 is 1.31 bits per heavy atom. The summed E-state index contributed by atoms with van der Waals surface area (Å²) in [5, 5.41) is 8.65. The summed E-state index contributed by atoms with van der Waals surface area (Å²) in [4.78, 5) is 10.6. The van der Waals surface area contributed by atoms with Gasteiger partial charge in [0.1, 0.15) is 0 Å². The van der Waals surface area contributed by atoms with Gasteiger partial charge in [0.05, 0.1) is 11.1 Å². The monoisotopic (exact) mass is 230 g/mol. The number of rotatable bonds is 2. The van der Waals surface area contributed by atoms with Crippen LogP contribution in [0.5, 0.6) is 0 Å². The number of alkyl halides is 3.